The number of hydrogen-bond acceptors (Lipinski definition) is 5. The van der Waals surface area contributed by atoms with Crippen LogP contribution < -0.4 is 5.32 Å². The molecule has 2 amide bonds. The highest BCUT2D eigenvalue weighted by Crippen LogP contribution is 2.32. The number of amides is 2. The van der Waals surface area contributed by atoms with Crippen molar-refractivity contribution >= 4 is 57.8 Å². The molecule has 3 rings (SSSR count). The summed E-state index contributed by atoms with van der Waals surface area (Å²) < 4.78 is 0.304. The van der Waals surface area contributed by atoms with Gasteiger partial charge in [-0.1, -0.05) is 59.9 Å². The molecular formula is C20H16N2O4S2. The fraction of sp³-hybridized carbons (Fsp3) is 0.100. The van der Waals surface area contributed by atoms with E-state index in [1.54, 1.807) is 12.1 Å². The van der Waals surface area contributed by atoms with Crippen LogP contribution in [0.25, 0.3) is 6.08 Å². The smallest absolute Gasteiger partial charge is 0.335 e. The van der Waals surface area contributed by atoms with E-state index in [4.69, 9.17) is 17.3 Å². The number of thiocarbonyl (C=S) groups is 1. The molecule has 28 heavy (non-hydrogen) atoms. The average molecular weight is 412 g/mol. The van der Waals surface area contributed by atoms with Crippen LogP contribution in [-0.4, -0.2) is 38.7 Å². The largest absolute Gasteiger partial charge is 0.478 e. The number of carboxylic acids is 1. The number of carbonyl (C=O) groups is 3. The Kier molecular flexibility index (Phi) is 5.91. The fourth-order valence-corrected chi connectivity index (χ4v) is 3.78. The van der Waals surface area contributed by atoms with Crippen molar-refractivity contribution in [3.8, 4) is 0 Å². The van der Waals surface area contributed by atoms with Gasteiger partial charge in [-0.3, -0.25) is 14.5 Å². The first-order valence-corrected chi connectivity index (χ1v) is 9.51. The number of carbonyl (C=O) groups excluding carboxylic acids is 2. The average Bonchev–Trinajstić information content (AvgIpc) is 2.91. The van der Waals surface area contributed by atoms with Crippen molar-refractivity contribution < 1.29 is 19.5 Å². The molecule has 1 aliphatic rings. The van der Waals surface area contributed by atoms with Gasteiger partial charge in [-0.15, -0.1) is 0 Å². The second kappa shape index (κ2) is 8.37. The van der Waals surface area contributed by atoms with E-state index in [1.165, 1.54) is 23.1 Å². The van der Waals surface area contributed by atoms with Crippen molar-refractivity contribution in [2.75, 3.05) is 11.9 Å². The third-order valence-electron chi connectivity index (χ3n) is 3.94. The number of carboxylic acid groups (broad SMARTS) is 1. The quantitative estimate of drug-likeness (QED) is 0.577. The molecule has 0 radical (unpaired) electrons. The molecule has 8 heteroatoms. The van der Waals surface area contributed by atoms with Gasteiger partial charge in [0.25, 0.3) is 5.91 Å². The molecular weight excluding hydrogens is 396 g/mol. The Labute approximate surface area is 171 Å². The van der Waals surface area contributed by atoms with E-state index in [1.807, 2.05) is 31.2 Å². The van der Waals surface area contributed by atoms with E-state index in [0.717, 1.165) is 22.9 Å². The predicted molar refractivity (Wildman–Crippen MR) is 113 cm³/mol. The second-order valence-electron chi connectivity index (χ2n) is 6.11. The monoisotopic (exact) mass is 412 g/mol. The Bertz CT molecular complexity index is 1000. The summed E-state index contributed by atoms with van der Waals surface area (Å²) >= 11 is 6.39. The lowest BCUT2D eigenvalue weighted by Crippen LogP contribution is -2.36. The van der Waals surface area contributed by atoms with Gasteiger partial charge in [0, 0.05) is 5.69 Å². The summed E-state index contributed by atoms with van der Waals surface area (Å²) in [5.74, 6) is -1.88. The molecule has 6 nitrogen and oxygen atoms in total. The van der Waals surface area contributed by atoms with Crippen LogP contribution in [-0.2, 0) is 9.59 Å². The van der Waals surface area contributed by atoms with Crippen molar-refractivity contribution in [3.63, 3.8) is 0 Å². The minimum Gasteiger partial charge on any atom is -0.478 e. The molecule has 0 aromatic heterocycles. The van der Waals surface area contributed by atoms with Crippen molar-refractivity contribution in [3.05, 3.63) is 70.1 Å². The maximum absolute atomic E-state index is 12.6. The van der Waals surface area contributed by atoms with E-state index in [9.17, 15) is 14.4 Å². The number of rotatable bonds is 5. The summed E-state index contributed by atoms with van der Waals surface area (Å²) in [6.07, 6.45) is 1.74. The molecule has 0 atom stereocenters. The number of nitrogens with one attached hydrogen (secondary N) is 1. The summed E-state index contributed by atoms with van der Waals surface area (Å²) in [7, 11) is 0. The van der Waals surface area contributed by atoms with Crippen LogP contribution in [0.3, 0.4) is 0 Å². The van der Waals surface area contributed by atoms with Crippen LogP contribution in [0.15, 0.2) is 53.4 Å². The lowest BCUT2D eigenvalue weighted by molar-refractivity contribution is -0.126. The molecule has 1 saturated heterocycles. The molecule has 0 aliphatic carbocycles. The molecule has 0 saturated carbocycles. The van der Waals surface area contributed by atoms with Crippen LogP contribution >= 0.6 is 24.0 Å². The van der Waals surface area contributed by atoms with Gasteiger partial charge in [0.1, 0.15) is 10.9 Å². The van der Waals surface area contributed by atoms with Gasteiger partial charge in [-0.25, -0.2) is 4.79 Å². The third kappa shape index (κ3) is 4.65. The lowest BCUT2D eigenvalue weighted by Gasteiger charge is -2.14. The number of hydrogen-bond donors (Lipinski definition) is 2. The highest BCUT2D eigenvalue weighted by Gasteiger charge is 2.33. The molecule has 1 aliphatic heterocycles. The normalized spacial score (nSPS) is 15.2. The zero-order valence-electron chi connectivity index (χ0n) is 14.8. The number of thioether (sulfide) groups is 1. The zero-order valence-corrected chi connectivity index (χ0v) is 16.5. The molecule has 2 aromatic carbocycles. The van der Waals surface area contributed by atoms with Crippen molar-refractivity contribution in [2.45, 2.75) is 6.92 Å². The lowest BCUT2D eigenvalue weighted by atomic mass is 10.1. The standard InChI is InChI=1S/C20H16N2O4S2/c1-12-5-7-13(8-6-12)9-16-18(24)22(20(27)28-16)11-17(23)21-15-4-2-3-14(10-15)19(25)26/h2-10H,11H2,1H3,(H,21,23)(H,25,26). The Balaban J connectivity index is 1.68. The first-order chi connectivity index (χ1) is 13.3. The highest BCUT2D eigenvalue weighted by molar-refractivity contribution is 8.26. The third-order valence-corrected chi connectivity index (χ3v) is 5.32. The molecule has 0 bridgehead atoms. The molecule has 2 N–H and O–H groups in total. The minimum atomic E-state index is -1.09. The van der Waals surface area contributed by atoms with E-state index in [2.05, 4.69) is 5.32 Å². The molecule has 0 unspecified atom stereocenters. The van der Waals surface area contributed by atoms with E-state index < -0.39 is 11.9 Å². The number of anilines is 1. The molecule has 1 fully saturated rings. The second-order valence-corrected chi connectivity index (χ2v) is 7.79. The molecule has 0 spiro atoms. The van der Waals surface area contributed by atoms with E-state index in [0.29, 0.717) is 14.9 Å². The Morgan fingerprint density at radius 1 is 1.21 bits per heavy atom. The summed E-state index contributed by atoms with van der Waals surface area (Å²) in [6.45, 7) is 1.74. The van der Waals surface area contributed by atoms with Crippen LogP contribution in [0.2, 0.25) is 0 Å². The maximum atomic E-state index is 12.6. The first kappa shape index (κ1) is 19.8. The summed E-state index contributed by atoms with van der Waals surface area (Å²) in [5.41, 5.74) is 2.39. The van der Waals surface area contributed by atoms with Crippen LogP contribution in [0.4, 0.5) is 5.69 Å². The number of aromatic carboxylic acids is 1. The molecule has 2 aromatic rings. The van der Waals surface area contributed by atoms with Gasteiger partial charge in [0.15, 0.2) is 0 Å². The van der Waals surface area contributed by atoms with Gasteiger partial charge in [-0.05, 0) is 36.8 Å². The summed E-state index contributed by atoms with van der Waals surface area (Å²) in [4.78, 5) is 37.6. The van der Waals surface area contributed by atoms with Gasteiger partial charge in [-0.2, -0.15) is 0 Å². The maximum Gasteiger partial charge on any atom is 0.335 e. The number of benzene rings is 2. The van der Waals surface area contributed by atoms with Gasteiger partial charge in [0.05, 0.1) is 10.5 Å². The summed E-state index contributed by atoms with van der Waals surface area (Å²) in [6, 6.07) is 13.6. The van der Waals surface area contributed by atoms with Crippen molar-refractivity contribution in [1.29, 1.82) is 0 Å². The predicted octanol–water partition coefficient (Wildman–Crippen LogP) is 3.53. The van der Waals surface area contributed by atoms with Gasteiger partial charge >= 0.3 is 5.97 Å². The Morgan fingerprint density at radius 2 is 1.93 bits per heavy atom. The van der Waals surface area contributed by atoms with Crippen LogP contribution in [0, 0.1) is 6.92 Å². The zero-order chi connectivity index (χ0) is 20.3. The molecule has 142 valence electrons. The number of nitrogens with zero attached hydrogens (tertiary/aromatic N) is 1. The highest BCUT2D eigenvalue weighted by atomic mass is 32.2. The van der Waals surface area contributed by atoms with Crippen LogP contribution in [0.1, 0.15) is 21.5 Å². The van der Waals surface area contributed by atoms with Gasteiger partial charge in [0.2, 0.25) is 5.91 Å². The van der Waals surface area contributed by atoms with Crippen molar-refractivity contribution in [1.82, 2.24) is 4.90 Å². The van der Waals surface area contributed by atoms with Crippen molar-refractivity contribution in [2.24, 2.45) is 0 Å². The van der Waals surface area contributed by atoms with E-state index >= 15 is 0 Å². The SMILES string of the molecule is Cc1ccc(C=C2SC(=S)N(CC(=O)Nc3cccc(C(=O)O)c3)C2=O)cc1. The van der Waals surface area contributed by atoms with Gasteiger partial charge < -0.3 is 10.4 Å². The minimum absolute atomic E-state index is 0.0597. The first-order valence-electron chi connectivity index (χ1n) is 8.29. The van der Waals surface area contributed by atoms with E-state index in [-0.39, 0.29) is 18.0 Å². The fourth-order valence-electron chi connectivity index (χ4n) is 2.52. The Morgan fingerprint density at radius 3 is 2.61 bits per heavy atom. The van der Waals surface area contributed by atoms with Crippen LogP contribution in [0.5, 0.6) is 0 Å². The Hall–Kier alpha value is -2.97. The molecule has 1 heterocycles. The topological polar surface area (TPSA) is 86.7 Å². The summed E-state index contributed by atoms with van der Waals surface area (Å²) in [5, 5.41) is 11.6. The number of aryl methyl sites for hydroxylation is 1.